The fourth-order valence-corrected chi connectivity index (χ4v) is 8.54. The van der Waals surface area contributed by atoms with Gasteiger partial charge in [-0.05, 0) is 62.9 Å². The number of fused-ring (bicyclic) bond motifs is 4. The zero-order valence-corrected chi connectivity index (χ0v) is 32.1. The Morgan fingerprint density at radius 2 is 0.661 bits per heavy atom. The van der Waals surface area contributed by atoms with E-state index in [2.05, 4.69) is 211 Å². The molecule has 0 atom stereocenters. The van der Waals surface area contributed by atoms with Gasteiger partial charge in [-0.3, -0.25) is 0 Å². The lowest BCUT2D eigenvalue weighted by molar-refractivity contribution is 1.08. The van der Waals surface area contributed by atoms with Crippen molar-refractivity contribution in [3.05, 3.63) is 218 Å². The summed E-state index contributed by atoms with van der Waals surface area (Å²) in [5.41, 5.74) is 13.1. The minimum absolute atomic E-state index is 0.623. The summed E-state index contributed by atoms with van der Waals surface area (Å²) in [5.74, 6) is 1.87. The first-order valence-corrected chi connectivity index (χ1v) is 20.0. The first kappa shape index (κ1) is 34.3. The van der Waals surface area contributed by atoms with E-state index in [0.717, 1.165) is 61.0 Å². The maximum atomic E-state index is 5.30. The van der Waals surface area contributed by atoms with Gasteiger partial charge in [0.05, 0.1) is 16.7 Å². The normalized spacial score (nSPS) is 11.4. The van der Waals surface area contributed by atoms with Gasteiger partial charge in [0, 0.05) is 33.0 Å². The van der Waals surface area contributed by atoms with Crippen LogP contribution in [0.2, 0.25) is 0 Å². The summed E-state index contributed by atoms with van der Waals surface area (Å²) in [7, 11) is 0. The maximum absolute atomic E-state index is 5.30. The average molecular weight is 753 g/mol. The molecule has 0 N–H and O–H groups in total. The molecule has 4 heteroatoms. The van der Waals surface area contributed by atoms with Crippen molar-refractivity contribution in [3.63, 3.8) is 0 Å². The Kier molecular flexibility index (Phi) is 8.45. The van der Waals surface area contributed by atoms with E-state index in [1.165, 1.54) is 27.4 Å². The summed E-state index contributed by atoms with van der Waals surface area (Å²) in [6, 6.07) is 76.9. The van der Waals surface area contributed by atoms with Gasteiger partial charge in [-0.2, -0.15) is 0 Å². The molecule has 4 nitrogen and oxygen atoms in total. The van der Waals surface area contributed by atoms with Crippen LogP contribution in [0.5, 0.6) is 0 Å². The molecule has 2 heterocycles. The topological polar surface area (TPSA) is 43.6 Å². The molecule has 0 bridgehead atoms. The Morgan fingerprint density at radius 1 is 0.237 bits per heavy atom. The zero-order chi connectivity index (χ0) is 39.1. The number of aromatic nitrogens is 4. The highest BCUT2D eigenvalue weighted by Gasteiger charge is 2.20. The second kappa shape index (κ2) is 14.5. The number of nitrogens with zero attached hydrogens (tertiary/aromatic N) is 4. The van der Waals surface area contributed by atoms with Crippen molar-refractivity contribution in [1.82, 2.24) is 19.5 Å². The number of hydrogen-bond donors (Lipinski definition) is 0. The molecule has 0 aliphatic carbocycles. The Balaban J connectivity index is 1.11. The molecule has 0 unspecified atom stereocenters. The van der Waals surface area contributed by atoms with Crippen molar-refractivity contribution < 1.29 is 0 Å². The van der Waals surface area contributed by atoms with Crippen LogP contribution in [0.25, 0.3) is 106 Å². The van der Waals surface area contributed by atoms with Gasteiger partial charge in [-0.1, -0.05) is 194 Å². The van der Waals surface area contributed by atoms with E-state index in [-0.39, 0.29) is 0 Å². The Labute approximate surface area is 342 Å². The van der Waals surface area contributed by atoms with Gasteiger partial charge in [0.15, 0.2) is 17.5 Å². The monoisotopic (exact) mass is 752 g/mol. The highest BCUT2D eigenvalue weighted by Crippen LogP contribution is 2.41. The van der Waals surface area contributed by atoms with Gasteiger partial charge in [0.25, 0.3) is 0 Å². The summed E-state index contributed by atoms with van der Waals surface area (Å²) >= 11 is 0. The first-order chi connectivity index (χ1) is 29.3. The van der Waals surface area contributed by atoms with Gasteiger partial charge in [0.1, 0.15) is 0 Å². The molecule has 0 saturated carbocycles. The SMILES string of the molecule is c1ccc(-c2ccc(-c3nc(-c4ccccc4-c4ccccc4)nc(-c4ccc(-c5ccccc5-n5c6ccccc6c6ccccc65)c5ccccc45)n3)cc2)cc1. The maximum Gasteiger partial charge on any atom is 0.164 e. The molecule has 0 amide bonds. The molecular weight excluding hydrogens is 717 g/mol. The van der Waals surface area contributed by atoms with E-state index in [4.69, 9.17) is 15.0 Å². The lowest BCUT2D eigenvalue weighted by Crippen LogP contribution is -2.02. The molecular formula is C55H36N4. The molecule has 9 aromatic carbocycles. The van der Waals surface area contributed by atoms with Crippen molar-refractivity contribution in [2.75, 3.05) is 0 Å². The van der Waals surface area contributed by atoms with Crippen LogP contribution >= 0.6 is 0 Å². The minimum Gasteiger partial charge on any atom is -0.309 e. The quantitative estimate of drug-likeness (QED) is 0.163. The van der Waals surface area contributed by atoms with E-state index in [1.807, 2.05) is 12.1 Å². The van der Waals surface area contributed by atoms with E-state index in [9.17, 15) is 0 Å². The predicted molar refractivity (Wildman–Crippen MR) is 244 cm³/mol. The zero-order valence-electron chi connectivity index (χ0n) is 32.1. The summed E-state index contributed by atoms with van der Waals surface area (Å²) in [4.78, 5) is 15.8. The molecule has 59 heavy (non-hydrogen) atoms. The second-order valence-electron chi connectivity index (χ2n) is 14.8. The van der Waals surface area contributed by atoms with Crippen LogP contribution in [-0.2, 0) is 0 Å². The van der Waals surface area contributed by atoms with Gasteiger partial charge in [-0.25, -0.2) is 15.0 Å². The molecule has 276 valence electrons. The molecule has 2 aromatic heterocycles. The number of para-hydroxylation sites is 3. The fraction of sp³-hybridized carbons (Fsp3) is 0. The van der Waals surface area contributed by atoms with Crippen molar-refractivity contribution in [2.45, 2.75) is 0 Å². The molecule has 11 aromatic rings. The van der Waals surface area contributed by atoms with Crippen LogP contribution < -0.4 is 0 Å². The number of hydrogen-bond acceptors (Lipinski definition) is 3. The molecule has 0 aliphatic heterocycles. The van der Waals surface area contributed by atoms with E-state index >= 15 is 0 Å². The number of rotatable bonds is 7. The lowest BCUT2D eigenvalue weighted by Gasteiger charge is -2.17. The van der Waals surface area contributed by atoms with Crippen molar-refractivity contribution >= 4 is 32.6 Å². The van der Waals surface area contributed by atoms with Gasteiger partial charge < -0.3 is 4.57 Å². The van der Waals surface area contributed by atoms with E-state index in [0.29, 0.717) is 17.5 Å². The van der Waals surface area contributed by atoms with Crippen molar-refractivity contribution in [2.24, 2.45) is 0 Å². The van der Waals surface area contributed by atoms with Crippen LogP contribution in [-0.4, -0.2) is 19.5 Å². The van der Waals surface area contributed by atoms with Crippen LogP contribution in [0.15, 0.2) is 218 Å². The first-order valence-electron chi connectivity index (χ1n) is 20.0. The van der Waals surface area contributed by atoms with E-state index in [1.54, 1.807) is 0 Å². The predicted octanol–water partition coefficient (Wildman–Crippen LogP) is 14.1. The Bertz CT molecular complexity index is 3260. The lowest BCUT2D eigenvalue weighted by atomic mass is 9.93. The third-order valence-electron chi connectivity index (χ3n) is 11.3. The van der Waals surface area contributed by atoms with E-state index < -0.39 is 0 Å². The molecule has 0 spiro atoms. The van der Waals surface area contributed by atoms with Crippen LogP contribution in [0.1, 0.15) is 0 Å². The largest absolute Gasteiger partial charge is 0.309 e. The third-order valence-corrected chi connectivity index (χ3v) is 11.3. The smallest absolute Gasteiger partial charge is 0.164 e. The standard InChI is InChI=1S/C55H36N4/c1-3-17-37(18-4-1)38-31-33-40(34-32-38)53-56-54(48-27-10-7-21-41(48)39-19-5-2-6-20-39)58-55(57-53)49-36-35-44(42-22-8-9-23-43(42)49)45-24-11-14-28-50(45)59-51-29-15-12-25-46(51)47-26-13-16-30-52(47)59/h1-36H. The Morgan fingerprint density at radius 3 is 1.32 bits per heavy atom. The van der Waals surface area contributed by atoms with Crippen LogP contribution in [0, 0.1) is 0 Å². The van der Waals surface area contributed by atoms with Crippen LogP contribution in [0.3, 0.4) is 0 Å². The molecule has 0 fully saturated rings. The summed E-state index contributed by atoms with van der Waals surface area (Å²) in [6.45, 7) is 0. The van der Waals surface area contributed by atoms with Gasteiger partial charge in [0.2, 0.25) is 0 Å². The summed E-state index contributed by atoms with van der Waals surface area (Å²) in [6.07, 6.45) is 0. The second-order valence-corrected chi connectivity index (χ2v) is 14.8. The van der Waals surface area contributed by atoms with Gasteiger partial charge in [-0.15, -0.1) is 0 Å². The number of benzene rings is 9. The highest BCUT2D eigenvalue weighted by molar-refractivity contribution is 6.11. The van der Waals surface area contributed by atoms with Crippen molar-refractivity contribution in [3.8, 4) is 73.2 Å². The molecule has 0 saturated heterocycles. The van der Waals surface area contributed by atoms with Crippen molar-refractivity contribution in [1.29, 1.82) is 0 Å². The molecule has 0 radical (unpaired) electrons. The summed E-state index contributed by atoms with van der Waals surface area (Å²) in [5, 5.41) is 4.67. The minimum atomic E-state index is 0.623. The average Bonchev–Trinajstić information content (AvgIpc) is 3.66. The fourth-order valence-electron chi connectivity index (χ4n) is 8.54. The highest BCUT2D eigenvalue weighted by atomic mass is 15.0. The van der Waals surface area contributed by atoms with Crippen LogP contribution in [0.4, 0.5) is 0 Å². The molecule has 11 rings (SSSR count). The van der Waals surface area contributed by atoms with Gasteiger partial charge >= 0.3 is 0 Å². The molecule has 0 aliphatic rings. The Hall–Kier alpha value is -7.95. The summed E-state index contributed by atoms with van der Waals surface area (Å²) < 4.78 is 2.40. The third kappa shape index (κ3) is 6.06.